The van der Waals surface area contributed by atoms with Crippen molar-refractivity contribution >= 4 is 17.9 Å². The van der Waals surface area contributed by atoms with E-state index in [1.807, 2.05) is 19.1 Å². The number of benzene rings is 2. The molecule has 22 heavy (non-hydrogen) atoms. The first-order valence-corrected chi connectivity index (χ1v) is 6.75. The molecule has 0 atom stereocenters. The molecule has 0 aromatic heterocycles. The molecule has 0 bridgehead atoms. The molecule has 0 aliphatic rings. The van der Waals surface area contributed by atoms with Gasteiger partial charge in [0, 0.05) is 5.56 Å². The van der Waals surface area contributed by atoms with E-state index in [0.717, 1.165) is 5.56 Å². The van der Waals surface area contributed by atoms with Crippen LogP contribution in [0.3, 0.4) is 0 Å². The molecule has 0 saturated carbocycles. The highest BCUT2D eigenvalue weighted by Gasteiger charge is 2.09. The summed E-state index contributed by atoms with van der Waals surface area (Å²) < 4.78 is 10.6. The van der Waals surface area contributed by atoms with Gasteiger partial charge in [-0.25, -0.2) is 0 Å². The Morgan fingerprint density at radius 3 is 2.55 bits per heavy atom. The second-order valence-electron chi connectivity index (χ2n) is 4.73. The van der Waals surface area contributed by atoms with E-state index < -0.39 is 0 Å². The van der Waals surface area contributed by atoms with Crippen molar-refractivity contribution in [1.82, 2.24) is 0 Å². The van der Waals surface area contributed by atoms with E-state index in [1.54, 1.807) is 30.3 Å². The number of nitrogens with one attached hydrogen (secondary N) is 1. The van der Waals surface area contributed by atoms with Gasteiger partial charge in [0.05, 0.1) is 12.8 Å². The van der Waals surface area contributed by atoms with Crippen LogP contribution in [0, 0.1) is 6.92 Å². The molecule has 0 heterocycles. The molecule has 0 radical (unpaired) electrons. The Morgan fingerprint density at radius 2 is 1.91 bits per heavy atom. The zero-order chi connectivity index (χ0) is 15.9. The highest BCUT2D eigenvalue weighted by Crippen LogP contribution is 2.24. The van der Waals surface area contributed by atoms with Gasteiger partial charge in [0.25, 0.3) is 5.91 Å². The molecule has 2 aromatic carbocycles. The third-order valence-corrected chi connectivity index (χ3v) is 3.02. The number of ether oxygens (including phenoxy) is 2. The van der Waals surface area contributed by atoms with Gasteiger partial charge in [-0.1, -0.05) is 17.7 Å². The lowest BCUT2D eigenvalue weighted by atomic mass is 10.2. The van der Waals surface area contributed by atoms with Crippen LogP contribution >= 0.6 is 0 Å². The van der Waals surface area contributed by atoms with E-state index in [2.05, 4.69) is 5.32 Å². The minimum atomic E-state index is -0.332. The summed E-state index contributed by atoms with van der Waals surface area (Å²) in [6, 6.07) is 12.2. The Labute approximate surface area is 128 Å². The van der Waals surface area contributed by atoms with E-state index in [1.165, 1.54) is 7.11 Å². The predicted octanol–water partition coefficient (Wildman–Crippen LogP) is 2.83. The van der Waals surface area contributed by atoms with Gasteiger partial charge in [0.2, 0.25) is 0 Å². The highest BCUT2D eigenvalue weighted by molar-refractivity contribution is 5.94. The fourth-order valence-electron chi connectivity index (χ4n) is 1.87. The third kappa shape index (κ3) is 4.09. The van der Waals surface area contributed by atoms with Gasteiger partial charge in [-0.3, -0.25) is 9.59 Å². The van der Waals surface area contributed by atoms with Crippen LogP contribution in [0.15, 0.2) is 42.5 Å². The number of amides is 1. The molecule has 0 unspecified atom stereocenters. The minimum Gasteiger partial charge on any atom is -0.495 e. The smallest absolute Gasteiger partial charge is 0.262 e. The topological polar surface area (TPSA) is 64.6 Å². The number of carbonyl (C=O) groups excluding carboxylic acids is 2. The zero-order valence-electron chi connectivity index (χ0n) is 12.5. The molecule has 0 spiro atoms. The maximum absolute atomic E-state index is 11.9. The molecule has 0 aliphatic carbocycles. The summed E-state index contributed by atoms with van der Waals surface area (Å²) in [4.78, 5) is 22.7. The lowest BCUT2D eigenvalue weighted by molar-refractivity contribution is -0.118. The predicted molar refractivity (Wildman–Crippen MR) is 83.7 cm³/mol. The van der Waals surface area contributed by atoms with E-state index in [9.17, 15) is 9.59 Å². The van der Waals surface area contributed by atoms with E-state index in [0.29, 0.717) is 29.0 Å². The summed E-state index contributed by atoms with van der Waals surface area (Å²) in [6.45, 7) is 1.85. The van der Waals surface area contributed by atoms with Gasteiger partial charge in [-0.15, -0.1) is 0 Å². The third-order valence-electron chi connectivity index (χ3n) is 3.02. The first-order valence-electron chi connectivity index (χ1n) is 6.75. The van der Waals surface area contributed by atoms with Crippen molar-refractivity contribution in [1.29, 1.82) is 0 Å². The number of rotatable bonds is 6. The molecule has 5 heteroatoms. The van der Waals surface area contributed by atoms with Crippen molar-refractivity contribution in [2.24, 2.45) is 0 Å². The summed E-state index contributed by atoms with van der Waals surface area (Å²) in [5, 5.41) is 2.67. The minimum absolute atomic E-state index is 0.127. The number of carbonyl (C=O) groups is 2. The summed E-state index contributed by atoms with van der Waals surface area (Å²) in [5.41, 5.74) is 2.01. The average Bonchev–Trinajstić information content (AvgIpc) is 2.54. The Morgan fingerprint density at radius 1 is 1.18 bits per heavy atom. The average molecular weight is 299 g/mol. The fraction of sp³-hybridized carbons (Fsp3) is 0.176. The van der Waals surface area contributed by atoms with Crippen LogP contribution in [0.4, 0.5) is 5.69 Å². The second kappa shape index (κ2) is 7.26. The zero-order valence-corrected chi connectivity index (χ0v) is 12.5. The summed E-state index contributed by atoms with van der Waals surface area (Å²) >= 11 is 0. The number of aldehydes is 1. The van der Waals surface area contributed by atoms with Crippen LogP contribution < -0.4 is 14.8 Å². The molecular formula is C17H17NO4. The summed E-state index contributed by atoms with van der Waals surface area (Å²) in [5.74, 6) is 0.769. The number of methoxy groups -OCH3 is 1. The van der Waals surface area contributed by atoms with E-state index in [4.69, 9.17) is 9.47 Å². The lowest BCUT2D eigenvalue weighted by Crippen LogP contribution is -2.20. The van der Waals surface area contributed by atoms with Gasteiger partial charge in [-0.2, -0.15) is 0 Å². The van der Waals surface area contributed by atoms with Crippen LogP contribution in [-0.2, 0) is 4.79 Å². The van der Waals surface area contributed by atoms with Crippen molar-refractivity contribution in [3.8, 4) is 11.5 Å². The molecular weight excluding hydrogens is 282 g/mol. The van der Waals surface area contributed by atoms with Gasteiger partial charge >= 0.3 is 0 Å². The van der Waals surface area contributed by atoms with Gasteiger partial charge in [0.1, 0.15) is 17.8 Å². The van der Waals surface area contributed by atoms with Gasteiger partial charge in [0.15, 0.2) is 6.61 Å². The van der Waals surface area contributed by atoms with Crippen LogP contribution in [-0.4, -0.2) is 25.9 Å². The number of anilines is 1. The molecule has 1 amide bonds. The normalized spacial score (nSPS) is 9.91. The van der Waals surface area contributed by atoms with Crippen molar-refractivity contribution in [2.45, 2.75) is 6.92 Å². The maximum atomic E-state index is 11.9. The second-order valence-corrected chi connectivity index (χ2v) is 4.73. The number of hydrogen-bond donors (Lipinski definition) is 1. The Kier molecular flexibility index (Phi) is 5.14. The Bertz CT molecular complexity index is 665. The van der Waals surface area contributed by atoms with Crippen LogP contribution in [0.25, 0.3) is 0 Å². The lowest BCUT2D eigenvalue weighted by Gasteiger charge is -2.11. The van der Waals surface area contributed by atoms with Crippen molar-refractivity contribution in [3.63, 3.8) is 0 Å². The molecule has 2 aromatic rings. The highest BCUT2D eigenvalue weighted by atomic mass is 16.5. The standard InChI is InChI=1S/C17H17NO4/c1-12-3-6-14(7-4-12)22-11-17(20)18-15-9-13(10-19)5-8-16(15)21-2/h3-10H,11H2,1-2H3,(H,18,20). The van der Waals surface area contributed by atoms with Crippen molar-refractivity contribution < 1.29 is 19.1 Å². The van der Waals surface area contributed by atoms with Gasteiger partial charge in [-0.05, 0) is 37.3 Å². The van der Waals surface area contributed by atoms with Crippen molar-refractivity contribution in [3.05, 3.63) is 53.6 Å². The quantitative estimate of drug-likeness (QED) is 0.833. The Hall–Kier alpha value is -2.82. The molecule has 0 fully saturated rings. The molecule has 114 valence electrons. The van der Waals surface area contributed by atoms with Crippen LogP contribution in [0.5, 0.6) is 11.5 Å². The van der Waals surface area contributed by atoms with E-state index in [-0.39, 0.29) is 12.5 Å². The number of hydrogen-bond acceptors (Lipinski definition) is 4. The maximum Gasteiger partial charge on any atom is 0.262 e. The fourth-order valence-corrected chi connectivity index (χ4v) is 1.87. The van der Waals surface area contributed by atoms with Crippen molar-refractivity contribution in [2.75, 3.05) is 19.0 Å². The first-order chi connectivity index (χ1) is 10.6. The largest absolute Gasteiger partial charge is 0.495 e. The molecule has 0 saturated heterocycles. The molecule has 0 aliphatic heterocycles. The van der Waals surface area contributed by atoms with Crippen LogP contribution in [0.1, 0.15) is 15.9 Å². The Balaban J connectivity index is 1.99. The van der Waals surface area contributed by atoms with Gasteiger partial charge < -0.3 is 14.8 Å². The molecule has 1 N–H and O–H groups in total. The summed E-state index contributed by atoms with van der Waals surface area (Å²) in [6.07, 6.45) is 0.706. The first kappa shape index (κ1) is 15.6. The molecule has 5 nitrogen and oxygen atoms in total. The number of aryl methyl sites for hydroxylation is 1. The monoisotopic (exact) mass is 299 g/mol. The van der Waals surface area contributed by atoms with E-state index >= 15 is 0 Å². The SMILES string of the molecule is COc1ccc(C=O)cc1NC(=O)COc1ccc(C)cc1. The van der Waals surface area contributed by atoms with Crippen LogP contribution in [0.2, 0.25) is 0 Å². The molecule has 2 rings (SSSR count). The summed E-state index contributed by atoms with van der Waals surface area (Å²) in [7, 11) is 1.49.